The van der Waals surface area contributed by atoms with Crippen molar-refractivity contribution in [1.29, 1.82) is 0 Å². The fourth-order valence-electron chi connectivity index (χ4n) is 3.97. The Hall–Kier alpha value is -2.36. The van der Waals surface area contributed by atoms with E-state index < -0.39 is 11.7 Å². The van der Waals surface area contributed by atoms with Crippen molar-refractivity contribution in [2.24, 2.45) is 0 Å². The van der Waals surface area contributed by atoms with Gasteiger partial charge in [0.05, 0.1) is 11.3 Å². The molecular weight excluding hydrogens is 407 g/mol. The molecule has 4 heteroatoms. The number of alkyl halides is 3. The average Bonchev–Trinajstić information content (AvgIpc) is 2.78. The molecule has 1 aromatic carbocycles. The van der Waals surface area contributed by atoms with Crippen LogP contribution < -0.4 is 0 Å². The van der Waals surface area contributed by atoms with Gasteiger partial charge in [0.2, 0.25) is 0 Å². The van der Waals surface area contributed by atoms with Crippen LogP contribution in [0.5, 0.6) is 0 Å². The van der Waals surface area contributed by atoms with Crippen molar-refractivity contribution in [3.63, 3.8) is 0 Å². The van der Waals surface area contributed by atoms with Crippen LogP contribution in [0.25, 0.3) is 22.4 Å². The van der Waals surface area contributed by atoms with Gasteiger partial charge in [0, 0.05) is 11.8 Å². The zero-order chi connectivity index (χ0) is 23.6. The Labute approximate surface area is 191 Å². The van der Waals surface area contributed by atoms with Gasteiger partial charge in [-0.25, -0.2) is 0 Å². The third-order valence-corrected chi connectivity index (χ3v) is 5.48. The molecule has 0 unspecified atom stereocenters. The summed E-state index contributed by atoms with van der Waals surface area (Å²) in [5.41, 5.74) is 4.26. The lowest BCUT2D eigenvalue weighted by Gasteiger charge is -2.22. The molecule has 0 amide bonds. The number of hydrogen-bond acceptors (Lipinski definition) is 1. The maximum absolute atomic E-state index is 14.0. The Balaban J connectivity index is 2.97. The molecule has 0 radical (unpaired) electrons. The van der Waals surface area contributed by atoms with Crippen LogP contribution in [0.3, 0.4) is 0 Å². The number of allylic oxidation sites excluding steroid dienone is 4. The molecule has 2 aromatic rings. The van der Waals surface area contributed by atoms with Crippen molar-refractivity contribution in [2.75, 3.05) is 0 Å². The van der Waals surface area contributed by atoms with E-state index in [1.807, 2.05) is 18.2 Å². The first-order valence-electron chi connectivity index (χ1n) is 11.9. The second kappa shape index (κ2) is 12.6. The molecule has 0 N–H and O–H groups in total. The van der Waals surface area contributed by atoms with Crippen LogP contribution in [0.2, 0.25) is 0 Å². The first kappa shape index (κ1) is 25.9. The van der Waals surface area contributed by atoms with Gasteiger partial charge < -0.3 is 0 Å². The zero-order valence-electron chi connectivity index (χ0n) is 19.9. The molecule has 2 rings (SSSR count). The molecule has 0 aliphatic carbocycles. The van der Waals surface area contributed by atoms with Crippen molar-refractivity contribution in [2.45, 2.75) is 85.2 Å². The van der Waals surface area contributed by atoms with Gasteiger partial charge in [0.1, 0.15) is 0 Å². The summed E-state index contributed by atoms with van der Waals surface area (Å²) in [5, 5.41) is 0. The number of pyridine rings is 1. The predicted octanol–water partition coefficient (Wildman–Crippen LogP) is 9.73. The number of rotatable bonds is 11. The molecule has 0 bridgehead atoms. The molecular formula is C28H36F3N. The van der Waals surface area contributed by atoms with E-state index in [2.05, 4.69) is 44.8 Å². The van der Waals surface area contributed by atoms with Gasteiger partial charge in [0.15, 0.2) is 0 Å². The summed E-state index contributed by atoms with van der Waals surface area (Å²) in [4.78, 5) is 4.57. The lowest BCUT2D eigenvalue weighted by Crippen LogP contribution is -2.09. The first-order chi connectivity index (χ1) is 15.4. The van der Waals surface area contributed by atoms with Crippen molar-refractivity contribution >= 4 is 11.1 Å². The lowest BCUT2D eigenvalue weighted by molar-refractivity contribution is -0.137. The molecule has 0 aliphatic heterocycles. The SMILES string of the molecule is CCC/C=C(\CCC)c1cc(C(F)(F)F)cc(/C(=C/CCC)CCC)c1-c1ccccn1. The summed E-state index contributed by atoms with van der Waals surface area (Å²) in [7, 11) is 0. The molecule has 0 saturated carbocycles. The van der Waals surface area contributed by atoms with E-state index >= 15 is 0 Å². The minimum atomic E-state index is -4.41. The van der Waals surface area contributed by atoms with Gasteiger partial charge in [-0.3, -0.25) is 4.98 Å². The van der Waals surface area contributed by atoms with Gasteiger partial charge >= 0.3 is 6.18 Å². The van der Waals surface area contributed by atoms with Crippen LogP contribution in [0.4, 0.5) is 13.2 Å². The quantitative estimate of drug-likeness (QED) is 0.337. The van der Waals surface area contributed by atoms with Gasteiger partial charge in [-0.05, 0) is 72.2 Å². The molecule has 1 heterocycles. The van der Waals surface area contributed by atoms with E-state index in [-0.39, 0.29) is 0 Å². The largest absolute Gasteiger partial charge is 0.416 e. The molecule has 1 nitrogen and oxygen atoms in total. The fourth-order valence-corrected chi connectivity index (χ4v) is 3.97. The summed E-state index contributed by atoms with van der Waals surface area (Å²) in [6.45, 7) is 8.31. The van der Waals surface area contributed by atoms with Gasteiger partial charge in [0.25, 0.3) is 0 Å². The highest BCUT2D eigenvalue weighted by Gasteiger charge is 2.33. The Morgan fingerprint density at radius 3 is 1.72 bits per heavy atom. The maximum atomic E-state index is 14.0. The second-order valence-corrected chi connectivity index (χ2v) is 8.20. The highest BCUT2D eigenvalue weighted by Crippen LogP contribution is 2.42. The molecule has 0 aliphatic rings. The van der Waals surface area contributed by atoms with Crippen LogP contribution >= 0.6 is 0 Å². The van der Waals surface area contributed by atoms with Crippen LogP contribution in [0.1, 0.15) is 95.8 Å². The van der Waals surface area contributed by atoms with Gasteiger partial charge in [-0.15, -0.1) is 0 Å². The molecule has 32 heavy (non-hydrogen) atoms. The number of nitrogens with zero attached hydrogens (tertiary/aromatic N) is 1. The highest BCUT2D eigenvalue weighted by atomic mass is 19.4. The molecule has 0 atom stereocenters. The second-order valence-electron chi connectivity index (χ2n) is 8.20. The minimum absolute atomic E-state index is 0.584. The Kier molecular flexibility index (Phi) is 10.2. The van der Waals surface area contributed by atoms with Crippen molar-refractivity contribution in [3.05, 3.63) is 65.4 Å². The maximum Gasteiger partial charge on any atom is 0.416 e. The summed E-state index contributed by atoms with van der Waals surface area (Å²) >= 11 is 0. The Bertz CT molecular complexity index is 861. The van der Waals surface area contributed by atoms with Crippen molar-refractivity contribution in [3.8, 4) is 11.3 Å². The summed E-state index contributed by atoms with van der Waals surface area (Å²) in [5.74, 6) is 0. The van der Waals surface area contributed by atoms with E-state index in [1.54, 1.807) is 6.20 Å². The van der Waals surface area contributed by atoms with E-state index in [0.29, 0.717) is 11.1 Å². The molecule has 0 spiro atoms. The molecule has 0 saturated heterocycles. The highest BCUT2D eigenvalue weighted by molar-refractivity contribution is 5.89. The number of hydrogen-bond donors (Lipinski definition) is 0. The molecule has 1 aromatic heterocycles. The summed E-state index contributed by atoms with van der Waals surface area (Å²) < 4.78 is 42.1. The van der Waals surface area contributed by atoms with Crippen LogP contribution in [-0.2, 0) is 6.18 Å². The Morgan fingerprint density at radius 2 is 1.34 bits per heavy atom. The normalized spacial score (nSPS) is 13.0. The van der Waals surface area contributed by atoms with Gasteiger partial charge in [-0.2, -0.15) is 13.2 Å². The first-order valence-corrected chi connectivity index (χ1v) is 11.9. The third-order valence-electron chi connectivity index (χ3n) is 5.48. The Morgan fingerprint density at radius 1 is 0.812 bits per heavy atom. The van der Waals surface area contributed by atoms with Gasteiger partial charge in [-0.1, -0.05) is 71.6 Å². The zero-order valence-corrected chi connectivity index (χ0v) is 19.9. The van der Waals surface area contributed by atoms with E-state index in [0.717, 1.165) is 73.8 Å². The van der Waals surface area contributed by atoms with Crippen LogP contribution in [-0.4, -0.2) is 4.98 Å². The van der Waals surface area contributed by atoms with Crippen molar-refractivity contribution < 1.29 is 13.2 Å². The van der Waals surface area contributed by atoms with E-state index in [1.165, 1.54) is 12.1 Å². The number of aromatic nitrogens is 1. The molecule has 174 valence electrons. The van der Waals surface area contributed by atoms with E-state index in [4.69, 9.17) is 0 Å². The topological polar surface area (TPSA) is 12.9 Å². The summed E-state index contributed by atoms with van der Waals surface area (Å²) in [6.07, 6.45) is 8.35. The van der Waals surface area contributed by atoms with Crippen molar-refractivity contribution in [1.82, 2.24) is 4.98 Å². The fraction of sp³-hybridized carbons (Fsp3) is 0.464. The predicted molar refractivity (Wildman–Crippen MR) is 130 cm³/mol. The monoisotopic (exact) mass is 443 g/mol. The summed E-state index contributed by atoms with van der Waals surface area (Å²) in [6, 6.07) is 8.33. The van der Waals surface area contributed by atoms with E-state index in [9.17, 15) is 13.2 Å². The molecule has 0 fully saturated rings. The minimum Gasteiger partial charge on any atom is -0.256 e. The van der Waals surface area contributed by atoms with Crippen LogP contribution in [0.15, 0.2) is 48.7 Å². The smallest absolute Gasteiger partial charge is 0.256 e. The third kappa shape index (κ3) is 6.82. The standard InChI is InChI=1S/C28H36F3N/c1-5-9-15-21(13-7-3)24-19-23(28(29,30)31)20-25(22(14-8-4)16-10-6-2)27(24)26-17-11-12-18-32-26/h11-12,15-20H,5-10,13-14H2,1-4H3/b21-15+,22-16+. The number of unbranched alkanes of at least 4 members (excludes halogenated alkanes) is 2. The number of benzene rings is 1. The van der Waals surface area contributed by atoms with Crippen LogP contribution in [0, 0.1) is 0 Å². The average molecular weight is 444 g/mol. The lowest BCUT2D eigenvalue weighted by atomic mass is 9.84. The number of halogens is 3.